The molecule has 0 saturated carbocycles. The summed E-state index contributed by atoms with van der Waals surface area (Å²) < 4.78 is 6.75. The number of hydrogen-bond donors (Lipinski definition) is 1. The number of rotatable bonds is 6. The SMILES string of the molecule is CCC(NC(=O)COc1cc(C)c(Br)c(C)c1)c1ccc(C)c(C)c1. The number of ether oxygens (including phenoxy) is 1. The molecular weight excluding hydrogens is 378 g/mol. The van der Waals surface area contributed by atoms with Crippen molar-refractivity contribution in [1.82, 2.24) is 5.32 Å². The van der Waals surface area contributed by atoms with Crippen LogP contribution in [0.15, 0.2) is 34.8 Å². The summed E-state index contributed by atoms with van der Waals surface area (Å²) in [5.74, 6) is 0.607. The van der Waals surface area contributed by atoms with Crippen LogP contribution in [0.3, 0.4) is 0 Å². The topological polar surface area (TPSA) is 38.3 Å². The van der Waals surface area contributed by atoms with Gasteiger partial charge in [0, 0.05) is 4.47 Å². The van der Waals surface area contributed by atoms with Crippen molar-refractivity contribution in [2.24, 2.45) is 0 Å². The highest BCUT2D eigenvalue weighted by Crippen LogP contribution is 2.26. The molecule has 0 radical (unpaired) electrons. The van der Waals surface area contributed by atoms with Crippen molar-refractivity contribution in [1.29, 1.82) is 0 Å². The maximum atomic E-state index is 12.3. The first-order valence-corrected chi connectivity index (χ1v) is 9.37. The maximum Gasteiger partial charge on any atom is 0.258 e. The normalized spacial score (nSPS) is 11.9. The summed E-state index contributed by atoms with van der Waals surface area (Å²) in [4.78, 5) is 12.3. The van der Waals surface area contributed by atoms with E-state index < -0.39 is 0 Å². The van der Waals surface area contributed by atoms with Crippen molar-refractivity contribution >= 4 is 21.8 Å². The Hall–Kier alpha value is -1.81. The van der Waals surface area contributed by atoms with Gasteiger partial charge in [0.05, 0.1) is 6.04 Å². The van der Waals surface area contributed by atoms with Crippen molar-refractivity contribution in [3.63, 3.8) is 0 Å². The Bertz CT molecular complexity index is 747. The van der Waals surface area contributed by atoms with E-state index in [-0.39, 0.29) is 18.6 Å². The van der Waals surface area contributed by atoms with Gasteiger partial charge in [0.2, 0.25) is 0 Å². The molecule has 1 amide bonds. The quantitative estimate of drug-likeness (QED) is 0.707. The number of benzene rings is 2. The number of aryl methyl sites for hydroxylation is 4. The fourth-order valence-corrected chi connectivity index (χ4v) is 3.01. The van der Waals surface area contributed by atoms with Crippen molar-refractivity contribution in [3.8, 4) is 5.75 Å². The summed E-state index contributed by atoms with van der Waals surface area (Å²) in [6, 6.07) is 10.2. The molecule has 2 aromatic carbocycles. The second kappa shape index (κ2) is 8.52. The van der Waals surface area contributed by atoms with E-state index in [1.165, 1.54) is 11.1 Å². The average molecular weight is 404 g/mol. The zero-order valence-electron chi connectivity index (χ0n) is 15.6. The summed E-state index contributed by atoms with van der Waals surface area (Å²) in [6.07, 6.45) is 0.838. The van der Waals surface area contributed by atoms with Crippen LogP contribution in [0.2, 0.25) is 0 Å². The predicted molar refractivity (Wildman–Crippen MR) is 106 cm³/mol. The van der Waals surface area contributed by atoms with Gasteiger partial charge in [0.1, 0.15) is 5.75 Å². The van der Waals surface area contributed by atoms with Gasteiger partial charge in [-0.15, -0.1) is 0 Å². The fourth-order valence-electron chi connectivity index (χ4n) is 2.78. The van der Waals surface area contributed by atoms with E-state index in [2.05, 4.69) is 60.2 Å². The Balaban J connectivity index is 1.99. The monoisotopic (exact) mass is 403 g/mol. The Kier molecular flexibility index (Phi) is 6.65. The van der Waals surface area contributed by atoms with Crippen molar-refractivity contribution < 1.29 is 9.53 Å². The van der Waals surface area contributed by atoms with E-state index in [1.54, 1.807) is 0 Å². The molecule has 134 valence electrons. The Morgan fingerprint density at radius 2 is 1.68 bits per heavy atom. The molecule has 0 spiro atoms. The maximum absolute atomic E-state index is 12.3. The number of nitrogens with one attached hydrogen (secondary N) is 1. The third kappa shape index (κ3) is 5.08. The van der Waals surface area contributed by atoms with Crippen LogP contribution in [0.1, 0.15) is 47.2 Å². The molecule has 0 aliphatic heterocycles. The molecule has 2 aromatic rings. The lowest BCUT2D eigenvalue weighted by Crippen LogP contribution is -2.32. The average Bonchev–Trinajstić information content (AvgIpc) is 2.58. The third-order valence-electron chi connectivity index (χ3n) is 4.46. The van der Waals surface area contributed by atoms with Gasteiger partial charge in [-0.3, -0.25) is 4.79 Å². The van der Waals surface area contributed by atoms with E-state index in [0.29, 0.717) is 5.75 Å². The summed E-state index contributed by atoms with van der Waals surface area (Å²) >= 11 is 3.54. The Morgan fingerprint density at radius 1 is 1.04 bits per heavy atom. The number of carbonyl (C=O) groups is 1. The lowest BCUT2D eigenvalue weighted by molar-refractivity contribution is -0.123. The van der Waals surface area contributed by atoms with E-state index in [1.807, 2.05) is 26.0 Å². The molecule has 0 saturated heterocycles. The van der Waals surface area contributed by atoms with Crippen molar-refractivity contribution in [2.75, 3.05) is 6.61 Å². The molecule has 2 rings (SSSR count). The molecule has 1 N–H and O–H groups in total. The summed E-state index contributed by atoms with van der Waals surface area (Å²) in [7, 11) is 0. The summed E-state index contributed by atoms with van der Waals surface area (Å²) in [6.45, 7) is 10.3. The first-order chi connectivity index (χ1) is 11.8. The van der Waals surface area contributed by atoms with Gasteiger partial charge in [0.25, 0.3) is 5.91 Å². The van der Waals surface area contributed by atoms with Crippen LogP contribution in [0.25, 0.3) is 0 Å². The molecule has 0 bridgehead atoms. The standard InChI is InChI=1S/C21H26BrNO2/c1-6-19(17-8-7-13(2)14(3)9-17)23-20(24)12-25-18-10-15(4)21(22)16(5)11-18/h7-11,19H,6,12H2,1-5H3,(H,23,24). The summed E-state index contributed by atoms with van der Waals surface area (Å²) in [5, 5.41) is 3.07. The van der Waals surface area contributed by atoms with Gasteiger partial charge in [-0.25, -0.2) is 0 Å². The number of hydrogen-bond acceptors (Lipinski definition) is 2. The van der Waals surface area contributed by atoms with E-state index in [0.717, 1.165) is 27.6 Å². The van der Waals surface area contributed by atoms with Crippen LogP contribution < -0.4 is 10.1 Å². The fraction of sp³-hybridized carbons (Fsp3) is 0.381. The highest BCUT2D eigenvalue weighted by molar-refractivity contribution is 9.10. The highest BCUT2D eigenvalue weighted by atomic mass is 79.9. The second-order valence-corrected chi connectivity index (χ2v) is 7.32. The number of carbonyl (C=O) groups excluding carboxylic acids is 1. The van der Waals surface area contributed by atoms with Crippen molar-refractivity contribution in [2.45, 2.75) is 47.1 Å². The highest BCUT2D eigenvalue weighted by Gasteiger charge is 2.14. The zero-order valence-corrected chi connectivity index (χ0v) is 17.2. The smallest absolute Gasteiger partial charge is 0.258 e. The minimum Gasteiger partial charge on any atom is -0.484 e. The molecule has 0 aliphatic rings. The van der Waals surface area contributed by atoms with E-state index in [9.17, 15) is 4.79 Å². The Labute approximate surface area is 158 Å². The number of amides is 1. The lowest BCUT2D eigenvalue weighted by Gasteiger charge is -2.19. The first kappa shape index (κ1) is 19.5. The molecule has 4 heteroatoms. The largest absolute Gasteiger partial charge is 0.484 e. The van der Waals surface area contributed by atoms with Crippen LogP contribution in [0.4, 0.5) is 0 Å². The molecule has 1 unspecified atom stereocenters. The van der Waals surface area contributed by atoms with Gasteiger partial charge >= 0.3 is 0 Å². The van der Waals surface area contributed by atoms with Crippen LogP contribution in [-0.4, -0.2) is 12.5 Å². The second-order valence-electron chi connectivity index (χ2n) is 6.53. The predicted octanol–water partition coefficient (Wildman–Crippen LogP) is 5.33. The third-order valence-corrected chi connectivity index (χ3v) is 5.71. The van der Waals surface area contributed by atoms with Crippen LogP contribution in [0.5, 0.6) is 5.75 Å². The van der Waals surface area contributed by atoms with E-state index >= 15 is 0 Å². The van der Waals surface area contributed by atoms with Crippen LogP contribution in [-0.2, 0) is 4.79 Å². The molecule has 0 aliphatic carbocycles. The molecule has 0 fully saturated rings. The van der Waals surface area contributed by atoms with Crippen LogP contribution >= 0.6 is 15.9 Å². The van der Waals surface area contributed by atoms with Gasteiger partial charge in [-0.1, -0.05) is 41.1 Å². The zero-order chi connectivity index (χ0) is 18.6. The van der Waals surface area contributed by atoms with E-state index in [4.69, 9.17) is 4.74 Å². The molecule has 1 atom stereocenters. The van der Waals surface area contributed by atoms with Gasteiger partial charge in [0.15, 0.2) is 6.61 Å². The molecule has 0 heterocycles. The molecule has 3 nitrogen and oxygen atoms in total. The van der Waals surface area contributed by atoms with Gasteiger partial charge in [-0.05, 0) is 74.1 Å². The summed E-state index contributed by atoms with van der Waals surface area (Å²) in [5.41, 5.74) is 5.82. The van der Waals surface area contributed by atoms with Gasteiger partial charge in [-0.2, -0.15) is 0 Å². The Morgan fingerprint density at radius 3 is 2.24 bits per heavy atom. The van der Waals surface area contributed by atoms with Gasteiger partial charge < -0.3 is 10.1 Å². The van der Waals surface area contributed by atoms with Crippen molar-refractivity contribution in [3.05, 3.63) is 62.6 Å². The van der Waals surface area contributed by atoms with Crippen LogP contribution in [0, 0.1) is 27.7 Å². The molecule has 0 aromatic heterocycles. The molecular formula is C21H26BrNO2. The lowest BCUT2D eigenvalue weighted by atomic mass is 9.99. The number of halogens is 1. The minimum atomic E-state index is -0.108. The minimum absolute atomic E-state index is 0.00351. The first-order valence-electron chi connectivity index (χ1n) is 8.57. The molecule has 25 heavy (non-hydrogen) atoms.